The molecule has 1 atom stereocenters. The SMILES string of the molecule is Fc1ccc(C(F)CCl)cc1. The lowest BCUT2D eigenvalue weighted by atomic mass is 10.1. The molecule has 1 aromatic carbocycles. The third-order valence-corrected chi connectivity index (χ3v) is 1.64. The standard InChI is InChI=1S/C8H7ClF2/c9-5-8(11)6-1-3-7(10)4-2-6/h1-4,8H,5H2. The Hall–Kier alpha value is -0.630. The maximum absolute atomic E-state index is 12.7. The van der Waals surface area contributed by atoms with E-state index < -0.39 is 6.17 Å². The predicted octanol–water partition coefficient (Wildman–Crippen LogP) is 3.08. The van der Waals surface area contributed by atoms with Crippen LogP contribution in [0.2, 0.25) is 0 Å². The number of halogens is 3. The predicted molar refractivity (Wildman–Crippen MR) is 41.0 cm³/mol. The minimum absolute atomic E-state index is 0.0916. The Morgan fingerprint density at radius 3 is 2.27 bits per heavy atom. The molecule has 0 fully saturated rings. The van der Waals surface area contributed by atoms with Crippen molar-refractivity contribution >= 4 is 11.6 Å². The highest BCUT2D eigenvalue weighted by Crippen LogP contribution is 2.18. The lowest BCUT2D eigenvalue weighted by Crippen LogP contribution is -1.92. The van der Waals surface area contributed by atoms with Gasteiger partial charge in [-0.3, -0.25) is 0 Å². The van der Waals surface area contributed by atoms with Gasteiger partial charge in [0.2, 0.25) is 0 Å². The average molecular weight is 177 g/mol. The van der Waals surface area contributed by atoms with Crippen molar-refractivity contribution in [2.75, 3.05) is 5.88 Å². The zero-order valence-electron chi connectivity index (χ0n) is 5.73. The van der Waals surface area contributed by atoms with Crippen LogP contribution < -0.4 is 0 Å². The van der Waals surface area contributed by atoms with E-state index in [0.717, 1.165) is 0 Å². The fourth-order valence-corrected chi connectivity index (χ4v) is 0.939. The molecule has 0 spiro atoms. The number of rotatable bonds is 2. The van der Waals surface area contributed by atoms with Crippen molar-refractivity contribution in [3.63, 3.8) is 0 Å². The number of hydrogen-bond donors (Lipinski definition) is 0. The van der Waals surface area contributed by atoms with Crippen molar-refractivity contribution in [3.05, 3.63) is 35.6 Å². The van der Waals surface area contributed by atoms with Crippen LogP contribution in [-0.2, 0) is 0 Å². The molecule has 60 valence electrons. The van der Waals surface area contributed by atoms with Crippen molar-refractivity contribution in [1.82, 2.24) is 0 Å². The molecule has 3 heteroatoms. The minimum atomic E-state index is -1.20. The van der Waals surface area contributed by atoms with Gasteiger partial charge in [0.1, 0.15) is 12.0 Å². The Morgan fingerprint density at radius 2 is 1.82 bits per heavy atom. The molecule has 0 saturated heterocycles. The largest absolute Gasteiger partial charge is 0.241 e. The van der Waals surface area contributed by atoms with Gasteiger partial charge in [0.15, 0.2) is 0 Å². The molecule has 0 heterocycles. The molecule has 0 radical (unpaired) electrons. The fourth-order valence-electron chi connectivity index (χ4n) is 0.761. The molecule has 0 aliphatic carbocycles. The fraction of sp³-hybridized carbons (Fsp3) is 0.250. The van der Waals surface area contributed by atoms with Crippen molar-refractivity contribution < 1.29 is 8.78 Å². The monoisotopic (exact) mass is 176 g/mol. The van der Waals surface area contributed by atoms with E-state index in [4.69, 9.17) is 11.6 Å². The van der Waals surface area contributed by atoms with Crippen LogP contribution in [0.25, 0.3) is 0 Å². The summed E-state index contributed by atoms with van der Waals surface area (Å²) in [6.07, 6.45) is -1.20. The number of alkyl halides is 2. The topological polar surface area (TPSA) is 0 Å². The van der Waals surface area contributed by atoms with Crippen LogP contribution in [0, 0.1) is 5.82 Å². The Labute approximate surface area is 68.8 Å². The zero-order valence-corrected chi connectivity index (χ0v) is 6.48. The van der Waals surface area contributed by atoms with Gasteiger partial charge < -0.3 is 0 Å². The summed E-state index contributed by atoms with van der Waals surface area (Å²) in [5.74, 6) is -0.457. The van der Waals surface area contributed by atoms with Gasteiger partial charge in [-0.2, -0.15) is 0 Å². The average Bonchev–Trinajstić information content (AvgIpc) is 2.05. The molecule has 1 rings (SSSR count). The summed E-state index contributed by atoms with van der Waals surface area (Å²) in [5, 5.41) is 0. The molecule has 0 aliphatic rings. The first-order chi connectivity index (χ1) is 5.24. The normalized spacial score (nSPS) is 13.0. The minimum Gasteiger partial charge on any atom is -0.241 e. The lowest BCUT2D eigenvalue weighted by molar-refractivity contribution is 0.378. The third-order valence-electron chi connectivity index (χ3n) is 1.37. The molecule has 0 aliphatic heterocycles. The summed E-state index contributed by atoms with van der Waals surface area (Å²) in [6.45, 7) is 0. The maximum atomic E-state index is 12.7. The summed E-state index contributed by atoms with van der Waals surface area (Å²) in [6, 6.07) is 5.22. The number of hydrogen-bond acceptors (Lipinski definition) is 0. The van der Waals surface area contributed by atoms with Crippen molar-refractivity contribution in [2.45, 2.75) is 6.17 Å². The quantitative estimate of drug-likeness (QED) is 0.608. The van der Waals surface area contributed by atoms with E-state index in [1.807, 2.05) is 0 Å². The molecule has 0 saturated carbocycles. The maximum Gasteiger partial charge on any atom is 0.139 e. The Bertz CT molecular complexity index is 220. The lowest BCUT2D eigenvalue weighted by Gasteiger charge is -2.02. The van der Waals surface area contributed by atoms with E-state index in [1.165, 1.54) is 24.3 Å². The third kappa shape index (κ3) is 2.15. The highest BCUT2D eigenvalue weighted by Gasteiger charge is 2.06. The molecule has 0 N–H and O–H groups in total. The summed E-state index contributed by atoms with van der Waals surface area (Å²) < 4.78 is 25.0. The second kappa shape index (κ2) is 3.67. The van der Waals surface area contributed by atoms with Gasteiger partial charge in [0, 0.05) is 0 Å². The van der Waals surface area contributed by atoms with Crippen LogP contribution in [-0.4, -0.2) is 5.88 Å². The van der Waals surface area contributed by atoms with E-state index in [-0.39, 0.29) is 11.7 Å². The van der Waals surface area contributed by atoms with Crippen LogP contribution in [0.4, 0.5) is 8.78 Å². The zero-order chi connectivity index (χ0) is 8.27. The first-order valence-electron chi connectivity index (χ1n) is 3.19. The van der Waals surface area contributed by atoms with Crippen LogP contribution in [0.15, 0.2) is 24.3 Å². The van der Waals surface area contributed by atoms with E-state index in [9.17, 15) is 8.78 Å². The Balaban J connectivity index is 2.81. The van der Waals surface area contributed by atoms with E-state index in [2.05, 4.69) is 0 Å². The first kappa shape index (κ1) is 8.47. The molecule has 0 aromatic heterocycles. The molecule has 0 amide bonds. The molecule has 0 bridgehead atoms. The van der Waals surface area contributed by atoms with Gasteiger partial charge in [-0.15, -0.1) is 11.6 Å². The van der Waals surface area contributed by atoms with Gasteiger partial charge in [0.25, 0.3) is 0 Å². The molecular weight excluding hydrogens is 170 g/mol. The van der Waals surface area contributed by atoms with E-state index >= 15 is 0 Å². The molecule has 0 nitrogen and oxygen atoms in total. The summed E-state index contributed by atoms with van der Waals surface area (Å²) in [5.41, 5.74) is 0.418. The molecular formula is C8H7ClF2. The van der Waals surface area contributed by atoms with Crippen LogP contribution >= 0.6 is 11.6 Å². The van der Waals surface area contributed by atoms with Gasteiger partial charge in [-0.05, 0) is 17.7 Å². The highest BCUT2D eigenvalue weighted by atomic mass is 35.5. The van der Waals surface area contributed by atoms with Gasteiger partial charge >= 0.3 is 0 Å². The number of benzene rings is 1. The molecule has 1 unspecified atom stereocenters. The van der Waals surface area contributed by atoms with Crippen molar-refractivity contribution in [2.24, 2.45) is 0 Å². The van der Waals surface area contributed by atoms with E-state index in [0.29, 0.717) is 5.56 Å². The second-order valence-electron chi connectivity index (χ2n) is 2.17. The second-order valence-corrected chi connectivity index (χ2v) is 2.48. The molecule has 11 heavy (non-hydrogen) atoms. The summed E-state index contributed by atoms with van der Waals surface area (Å²) in [4.78, 5) is 0. The van der Waals surface area contributed by atoms with Gasteiger partial charge in [0.05, 0.1) is 5.88 Å². The summed E-state index contributed by atoms with van der Waals surface area (Å²) in [7, 11) is 0. The van der Waals surface area contributed by atoms with Gasteiger partial charge in [-0.1, -0.05) is 12.1 Å². The smallest absolute Gasteiger partial charge is 0.139 e. The molecule has 1 aromatic rings. The first-order valence-corrected chi connectivity index (χ1v) is 3.73. The van der Waals surface area contributed by atoms with Crippen molar-refractivity contribution in [3.8, 4) is 0 Å². The Kier molecular flexibility index (Phi) is 2.83. The van der Waals surface area contributed by atoms with E-state index in [1.54, 1.807) is 0 Å². The van der Waals surface area contributed by atoms with Crippen LogP contribution in [0.5, 0.6) is 0 Å². The van der Waals surface area contributed by atoms with Gasteiger partial charge in [-0.25, -0.2) is 8.78 Å². The van der Waals surface area contributed by atoms with Crippen LogP contribution in [0.3, 0.4) is 0 Å². The summed E-state index contributed by atoms with van der Waals surface area (Å²) >= 11 is 5.26. The highest BCUT2D eigenvalue weighted by molar-refractivity contribution is 6.18. The van der Waals surface area contributed by atoms with Crippen LogP contribution in [0.1, 0.15) is 11.7 Å². The Morgan fingerprint density at radius 1 is 1.27 bits per heavy atom. The van der Waals surface area contributed by atoms with Crippen molar-refractivity contribution in [1.29, 1.82) is 0 Å².